The number of carbonyl (C=O) groups is 2. The second-order valence-corrected chi connectivity index (χ2v) is 9.20. The molecule has 0 saturated carbocycles. The summed E-state index contributed by atoms with van der Waals surface area (Å²) in [5, 5.41) is 1.50. The van der Waals surface area contributed by atoms with Crippen LogP contribution in [-0.4, -0.2) is 52.8 Å². The van der Waals surface area contributed by atoms with E-state index in [1.807, 2.05) is 53.4 Å². The maximum atomic E-state index is 13.0. The molecular formula is C25H25ClN4O2. The van der Waals surface area contributed by atoms with E-state index in [4.69, 9.17) is 22.3 Å². The van der Waals surface area contributed by atoms with E-state index in [-0.39, 0.29) is 17.7 Å². The highest BCUT2D eigenvalue weighted by molar-refractivity contribution is 6.30. The minimum Gasteiger partial charge on any atom is -0.366 e. The van der Waals surface area contributed by atoms with Crippen LogP contribution in [0.5, 0.6) is 0 Å². The number of nitrogens with zero attached hydrogens (tertiary/aromatic N) is 3. The lowest BCUT2D eigenvalue weighted by Gasteiger charge is -2.40. The first-order chi connectivity index (χ1) is 15.5. The van der Waals surface area contributed by atoms with Crippen molar-refractivity contribution in [2.24, 2.45) is 11.7 Å². The Balaban J connectivity index is 1.22. The van der Waals surface area contributed by atoms with Crippen molar-refractivity contribution in [3.05, 3.63) is 76.4 Å². The van der Waals surface area contributed by atoms with E-state index >= 15 is 0 Å². The van der Waals surface area contributed by atoms with Crippen molar-refractivity contribution in [3.8, 4) is 0 Å². The van der Waals surface area contributed by atoms with Gasteiger partial charge in [-0.1, -0.05) is 41.9 Å². The molecule has 164 valence electrons. The van der Waals surface area contributed by atoms with Crippen LogP contribution in [0.25, 0.3) is 10.9 Å². The fraction of sp³-hybridized carbons (Fsp3) is 0.320. The molecule has 1 aromatic heterocycles. The second kappa shape index (κ2) is 8.52. The Labute approximate surface area is 192 Å². The van der Waals surface area contributed by atoms with Crippen molar-refractivity contribution in [1.82, 2.24) is 14.8 Å². The fourth-order valence-electron chi connectivity index (χ4n) is 4.77. The average molecular weight is 449 g/mol. The van der Waals surface area contributed by atoms with Crippen molar-refractivity contribution in [3.63, 3.8) is 0 Å². The van der Waals surface area contributed by atoms with Crippen molar-refractivity contribution in [1.29, 1.82) is 0 Å². The Morgan fingerprint density at radius 2 is 1.81 bits per heavy atom. The number of fused-ring (bicyclic) bond motifs is 1. The molecule has 1 atom stereocenters. The van der Waals surface area contributed by atoms with E-state index in [1.54, 1.807) is 6.07 Å². The highest BCUT2D eigenvalue weighted by Crippen LogP contribution is 2.31. The van der Waals surface area contributed by atoms with Crippen molar-refractivity contribution < 1.29 is 9.59 Å². The maximum Gasteiger partial charge on any atom is 0.249 e. The molecule has 6 nitrogen and oxygen atoms in total. The van der Waals surface area contributed by atoms with Gasteiger partial charge >= 0.3 is 0 Å². The number of primary amides is 1. The molecule has 2 saturated heterocycles. The third kappa shape index (κ3) is 4.08. The van der Waals surface area contributed by atoms with Crippen LogP contribution in [0.4, 0.5) is 0 Å². The third-order valence-electron chi connectivity index (χ3n) is 6.55. The first-order valence-corrected chi connectivity index (χ1v) is 11.3. The van der Waals surface area contributed by atoms with Crippen LogP contribution in [0.3, 0.4) is 0 Å². The molecule has 2 aliphatic heterocycles. The van der Waals surface area contributed by atoms with Crippen LogP contribution in [0, 0.1) is 5.92 Å². The zero-order chi connectivity index (χ0) is 22.2. The molecule has 2 aromatic carbocycles. The lowest BCUT2D eigenvalue weighted by Crippen LogP contribution is -2.53. The Hall–Kier alpha value is -2.96. The van der Waals surface area contributed by atoms with Crippen molar-refractivity contribution in [2.75, 3.05) is 26.2 Å². The summed E-state index contributed by atoms with van der Waals surface area (Å²) >= 11 is 5.95. The van der Waals surface area contributed by atoms with E-state index in [0.717, 1.165) is 54.2 Å². The van der Waals surface area contributed by atoms with Crippen LogP contribution < -0.4 is 5.73 Å². The van der Waals surface area contributed by atoms with Gasteiger partial charge in [-0.05, 0) is 36.2 Å². The monoisotopic (exact) mass is 448 g/mol. The Bertz CT molecular complexity index is 1170. The molecule has 32 heavy (non-hydrogen) atoms. The molecule has 2 N–H and O–H groups in total. The summed E-state index contributed by atoms with van der Waals surface area (Å²) in [6.45, 7) is 3.75. The Kier molecular flexibility index (Phi) is 5.57. The summed E-state index contributed by atoms with van der Waals surface area (Å²) in [5.74, 6) is -0.0690. The zero-order valence-electron chi connectivity index (χ0n) is 17.7. The van der Waals surface area contributed by atoms with Crippen LogP contribution in [0.2, 0.25) is 5.02 Å². The number of likely N-dealkylation sites (tertiary alicyclic amines) is 2. The van der Waals surface area contributed by atoms with Gasteiger partial charge in [0, 0.05) is 54.7 Å². The number of aromatic nitrogens is 1. The molecule has 0 unspecified atom stereocenters. The smallest absolute Gasteiger partial charge is 0.249 e. The van der Waals surface area contributed by atoms with Crippen LogP contribution in [-0.2, 0) is 11.3 Å². The Morgan fingerprint density at radius 3 is 2.56 bits per heavy atom. The van der Waals surface area contributed by atoms with E-state index in [2.05, 4.69) is 4.90 Å². The molecule has 3 heterocycles. The summed E-state index contributed by atoms with van der Waals surface area (Å²) in [4.78, 5) is 34.0. The standard InChI is InChI=1S/C25H25ClN4O2/c26-19-7-5-16(6-8-19)12-29-13-18(14-29)25(32)30-10-9-17(15-30)23-11-21(24(27)31)20-3-1-2-4-22(20)28-23/h1-8,11,17-18H,9-10,12-15H2,(H2,27,31)/t17-/m1/s1. The highest BCUT2D eigenvalue weighted by atomic mass is 35.5. The maximum absolute atomic E-state index is 13.0. The predicted molar refractivity (Wildman–Crippen MR) is 124 cm³/mol. The van der Waals surface area contributed by atoms with E-state index in [1.165, 1.54) is 5.56 Å². The topological polar surface area (TPSA) is 79.5 Å². The first kappa shape index (κ1) is 20.9. The van der Waals surface area contributed by atoms with Gasteiger partial charge in [0.2, 0.25) is 11.8 Å². The molecule has 0 radical (unpaired) electrons. The van der Waals surface area contributed by atoms with Crippen LogP contribution in [0.15, 0.2) is 54.6 Å². The summed E-state index contributed by atoms with van der Waals surface area (Å²) in [6, 6.07) is 17.2. The summed E-state index contributed by atoms with van der Waals surface area (Å²) < 4.78 is 0. The number of nitrogens with two attached hydrogens (primary N) is 1. The molecule has 2 fully saturated rings. The summed E-state index contributed by atoms with van der Waals surface area (Å²) in [5.41, 5.74) is 8.92. The minimum atomic E-state index is -0.453. The van der Waals surface area contributed by atoms with Crippen LogP contribution >= 0.6 is 11.6 Å². The molecule has 2 aliphatic rings. The fourth-order valence-corrected chi connectivity index (χ4v) is 4.90. The molecule has 0 aliphatic carbocycles. The van der Waals surface area contributed by atoms with Gasteiger partial charge in [0.25, 0.3) is 0 Å². The quantitative estimate of drug-likeness (QED) is 0.648. The van der Waals surface area contributed by atoms with E-state index in [0.29, 0.717) is 12.1 Å². The number of benzene rings is 2. The summed E-state index contributed by atoms with van der Waals surface area (Å²) in [7, 11) is 0. The normalized spacial score (nSPS) is 19.3. The molecule has 0 spiro atoms. The number of hydrogen-bond acceptors (Lipinski definition) is 4. The van der Waals surface area contributed by atoms with Gasteiger partial charge in [0.1, 0.15) is 0 Å². The lowest BCUT2D eigenvalue weighted by atomic mass is 9.97. The number of amides is 2. The molecule has 7 heteroatoms. The van der Waals surface area contributed by atoms with Gasteiger partial charge < -0.3 is 10.6 Å². The average Bonchev–Trinajstić information content (AvgIpc) is 3.26. The molecular weight excluding hydrogens is 424 g/mol. The number of pyridine rings is 1. The largest absolute Gasteiger partial charge is 0.366 e. The minimum absolute atomic E-state index is 0.0480. The van der Waals surface area contributed by atoms with E-state index in [9.17, 15) is 9.59 Å². The van der Waals surface area contributed by atoms with Crippen LogP contribution in [0.1, 0.15) is 34.0 Å². The second-order valence-electron chi connectivity index (χ2n) is 8.76. The molecule has 0 bridgehead atoms. The number of halogens is 1. The van der Waals surface area contributed by atoms with Gasteiger partial charge in [-0.2, -0.15) is 0 Å². The predicted octanol–water partition coefficient (Wildman–Crippen LogP) is 3.44. The van der Waals surface area contributed by atoms with Gasteiger partial charge in [-0.25, -0.2) is 0 Å². The van der Waals surface area contributed by atoms with Gasteiger partial charge in [-0.15, -0.1) is 0 Å². The number of para-hydroxylation sites is 1. The van der Waals surface area contributed by atoms with Crippen molar-refractivity contribution in [2.45, 2.75) is 18.9 Å². The van der Waals surface area contributed by atoms with Gasteiger partial charge in [-0.3, -0.25) is 19.5 Å². The SMILES string of the molecule is NC(=O)c1cc([C@@H]2CCN(C(=O)C3CN(Cc4ccc(Cl)cc4)C3)C2)nc2ccccc12. The van der Waals surface area contributed by atoms with Gasteiger partial charge in [0.05, 0.1) is 17.0 Å². The molecule has 3 aromatic rings. The number of rotatable bonds is 5. The lowest BCUT2D eigenvalue weighted by molar-refractivity contribution is -0.140. The first-order valence-electron chi connectivity index (χ1n) is 10.9. The Morgan fingerprint density at radius 1 is 1.06 bits per heavy atom. The zero-order valence-corrected chi connectivity index (χ0v) is 18.5. The molecule has 5 rings (SSSR count). The highest BCUT2D eigenvalue weighted by Gasteiger charge is 2.38. The third-order valence-corrected chi connectivity index (χ3v) is 6.80. The van der Waals surface area contributed by atoms with Crippen molar-refractivity contribution >= 4 is 34.3 Å². The van der Waals surface area contributed by atoms with E-state index < -0.39 is 5.91 Å². The molecule has 2 amide bonds. The number of carbonyl (C=O) groups excluding carboxylic acids is 2. The summed E-state index contributed by atoms with van der Waals surface area (Å²) in [6.07, 6.45) is 0.844. The van der Waals surface area contributed by atoms with Gasteiger partial charge in [0.15, 0.2) is 0 Å². The number of hydrogen-bond donors (Lipinski definition) is 1.